The Kier molecular flexibility index (Phi) is 6.67. The van der Waals surface area contributed by atoms with Crippen molar-refractivity contribution in [2.45, 2.75) is 19.0 Å². The first-order valence-electron chi connectivity index (χ1n) is 11.1. The van der Waals surface area contributed by atoms with Gasteiger partial charge in [-0.05, 0) is 48.4 Å². The van der Waals surface area contributed by atoms with Crippen molar-refractivity contribution in [1.29, 1.82) is 0 Å². The monoisotopic (exact) mass is 460 g/mol. The summed E-state index contributed by atoms with van der Waals surface area (Å²) in [5, 5.41) is 11.2. The summed E-state index contributed by atoms with van der Waals surface area (Å²) >= 11 is 0. The predicted molar refractivity (Wildman–Crippen MR) is 130 cm³/mol. The lowest BCUT2D eigenvalue weighted by Crippen LogP contribution is -2.31. The van der Waals surface area contributed by atoms with Crippen LogP contribution in [0.25, 0.3) is 5.76 Å². The van der Waals surface area contributed by atoms with Gasteiger partial charge in [0.2, 0.25) is 0 Å². The molecule has 0 radical (unpaired) electrons. The smallest absolute Gasteiger partial charge is 0.295 e. The van der Waals surface area contributed by atoms with E-state index in [1.807, 2.05) is 54.0 Å². The number of benzene rings is 2. The van der Waals surface area contributed by atoms with Crippen LogP contribution in [0.3, 0.4) is 0 Å². The zero-order valence-electron chi connectivity index (χ0n) is 19.5. The summed E-state index contributed by atoms with van der Waals surface area (Å²) in [5.74, 6) is -0.854. The van der Waals surface area contributed by atoms with Crippen LogP contribution < -0.4 is 9.64 Å². The van der Waals surface area contributed by atoms with Crippen molar-refractivity contribution in [2.24, 2.45) is 0 Å². The Morgan fingerprint density at radius 3 is 2.35 bits per heavy atom. The van der Waals surface area contributed by atoms with Crippen molar-refractivity contribution in [2.75, 3.05) is 32.6 Å². The zero-order chi connectivity index (χ0) is 24.2. The van der Waals surface area contributed by atoms with Gasteiger partial charge in [-0.15, -0.1) is 0 Å². The van der Waals surface area contributed by atoms with Crippen LogP contribution in [0.1, 0.15) is 23.6 Å². The molecule has 34 heavy (non-hydrogen) atoms. The number of ketones is 1. The largest absolute Gasteiger partial charge is 0.507 e. The van der Waals surface area contributed by atoms with E-state index in [0.29, 0.717) is 30.8 Å². The van der Waals surface area contributed by atoms with E-state index in [-0.39, 0.29) is 11.3 Å². The SMILES string of the molecule is COc1ccc(/C(O)=C2/C(=O)C(=O)N(CCCn3ccnc3)C2c2ccc(N(C)C)cc2)cc1. The number of likely N-dealkylation sites (tertiary alicyclic amines) is 1. The molecule has 2 aromatic carbocycles. The zero-order valence-corrected chi connectivity index (χ0v) is 19.5. The number of carbonyl (C=O) groups excluding carboxylic acids is 2. The average Bonchev–Trinajstić information content (AvgIpc) is 3.46. The van der Waals surface area contributed by atoms with Gasteiger partial charge >= 0.3 is 0 Å². The summed E-state index contributed by atoms with van der Waals surface area (Å²) in [6, 6.07) is 13.8. The minimum absolute atomic E-state index is 0.0930. The van der Waals surface area contributed by atoms with Crippen LogP contribution in [0.5, 0.6) is 5.75 Å². The lowest BCUT2D eigenvalue weighted by Gasteiger charge is -2.26. The van der Waals surface area contributed by atoms with Crippen LogP contribution in [0.4, 0.5) is 5.69 Å². The second-order valence-corrected chi connectivity index (χ2v) is 8.36. The molecule has 0 spiro atoms. The highest BCUT2D eigenvalue weighted by Gasteiger charge is 2.45. The number of aliphatic hydroxyl groups is 1. The fourth-order valence-corrected chi connectivity index (χ4v) is 4.16. The topological polar surface area (TPSA) is 87.9 Å². The summed E-state index contributed by atoms with van der Waals surface area (Å²) in [5.41, 5.74) is 2.31. The molecular weight excluding hydrogens is 432 g/mol. The predicted octanol–water partition coefficient (Wildman–Crippen LogP) is 3.47. The van der Waals surface area contributed by atoms with Crippen LogP contribution in [-0.4, -0.2) is 59.0 Å². The third kappa shape index (κ3) is 4.52. The molecule has 1 unspecified atom stereocenters. The van der Waals surface area contributed by atoms with Gasteiger partial charge in [-0.25, -0.2) is 4.98 Å². The van der Waals surface area contributed by atoms with E-state index >= 15 is 0 Å². The van der Waals surface area contributed by atoms with Crippen molar-refractivity contribution < 1.29 is 19.4 Å². The molecule has 0 bridgehead atoms. The van der Waals surface area contributed by atoms with E-state index in [4.69, 9.17) is 4.74 Å². The van der Waals surface area contributed by atoms with Gasteiger partial charge in [0.1, 0.15) is 11.5 Å². The number of methoxy groups -OCH3 is 1. The van der Waals surface area contributed by atoms with Crippen LogP contribution in [-0.2, 0) is 16.1 Å². The molecule has 8 nitrogen and oxygen atoms in total. The van der Waals surface area contributed by atoms with Gasteiger partial charge in [-0.2, -0.15) is 0 Å². The number of ether oxygens (including phenoxy) is 1. The molecule has 4 rings (SSSR count). The Morgan fingerprint density at radius 1 is 1.06 bits per heavy atom. The third-order valence-corrected chi connectivity index (χ3v) is 6.00. The van der Waals surface area contributed by atoms with Crippen LogP contribution >= 0.6 is 0 Å². The fraction of sp³-hybridized carbons (Fsp3) is 0.269. The minimum Gasteiger partial charge on any atom is -0.507 e. The Balaban J connectivity index is 1.72. The summed E-state index contributed by atoms with van der Waals surface area (Å²) in [6.07, 6.45) is 5.91. The highest BCUT2D eigenvalue weighted by atomic mass is 16.5. The van der Waals surface area contributed by atoms with Gasteiger partial charge in [0, 0.05) is 50.8 Å². The molecule has 1 aliphatic rings. The Labute approximate surface area is 198 Å². The molecule has 0 saturated carbocycles. The van der Waals surface area contributed by atoms with Crippen LogP contribution in [0.2, 0.25) is 0 Å². The number of nitrogens with zero attached hydrogens (tertiary/aromatic N) is 4. The molecule has 8 heteroatoms. The van der Waals surface area contributed by atoms with Gasteiger partial charge in [-0.1, -0.05) is 12.1 Å². The summed E-state index contributed by atoms with van der Waals surface area (Å²) in [6.45, 7) is 1.02. The highest BCUT2D eigenvalue weighted by Crippen LogP contribution is 2.40. The number of carbonyl (C=O) groups is 2. The van der Waals surface area contributed by atoms with Crippen molar-refractivity contribution in [3.05, 3.63) is 84.0 Å². The highest BCUT2D eigenvalue weighted by molar-refractivity contribution is 6.46. The molecule has 3 aromatic rings. The fourth-order valence-electron chi connectivity index (χ4n) is 4.16. The van der Waals surface area contributed by atoms with Crippen molar-refractivity contribution >= 4 is 23.1 Å². The van der Waals surface area contributed by atoms with Gasteiger partial charge < -0.3 is 24.2 Å². The second-order valence-electron chi connectivity index (χ2n) is 8.36. The lowest BCUT2D eigenvalue weighted by atomic mass is 9.95. The van der Waals surface area contributed by atoms with E-state index in [0.717, 1.165) is 11.3 Å². The Hall–Kier alpha value is -4.07. The molecule has 1 saturated heterocycles. The minimum atomic E-state index is -0.683. The number of hydrogen-bond acceptors (Lipinski definition) is 6. The summed E-state index contributed by atoms with van der Waals surface area (Å²) < 4.78 is 7.11. The van der Waals surface area contributed by atoms with Gasteiger partial charge in [0.25, 0.3) is 11.7 Å². The van der Waals surface area contributed by atoms with Gasteiger partial charge in [0.05, 0.1) is 25.1 Å². The molecule has 1 atom stereocenters. The Bertz CT molecular complexity index is 1180. The molecule has 1 aliphatic heterocycles. The maximum absolute atomic E-state index is 13.1. The molecule has 1 amide bonds. The van der Waals surface area contributed by atoms with E-state index in [9.17, 15) is 14.7 Å². The number of amides is 1. The van der Waals surface area contributed by atoms with E-state index in [2.05, 4.69) is 4.98 Å². The van der Waals surface area contributed by atoms with Gasteiger partial charge in [-0.3, -0.25) is 9.59 Å². The first-order chi connectivity index (χ1) is 16.4. The molecule has 1 fully saturated rings. The third-order valence-electron chi connectivity index (χ3n) is 6.00. The van der Waals surface area contributed by atoms with E-state index in [1.165, 1.54) is 0 Å². The first-order valence-corrected chi connectivity index (χ1v) is 11.1. The maximum atomic E-state index is 13.1. The van der Waals surface area contributed by atoms with E-state index in [1.54, 1.807) is 48.8 Å². The average molecular weight is 461 g/mol. The maximum Gasteiger partial charge on any atom is 0.295 e. The molecular formula is C26H28N4O4. The summed E-state index contributed by atoms with van der Waals surface area (Å²) in [7, 11) is 5.45. The number of hydrogen-bond donors (Lipinski definition) is 1. The molecule has 0 aliphatic carbocycles. The summed E-state index contributed by atoms with van der Waals surface area (Å²) in [4.78, 5) is 33.8. The number of imidazole rings is 1. The lowest BCUT2D eigenvalue weighted by molar-refractivity contribution is -0.139. The quantitative estimate of drug-likeness (QED) is 0.315. The van der Waals surface area contributed by atoms with E-state index < -0.39 is 17.7 Å². The number of rotatable bonds is 8. The molecule has 2 heterocycles. The normalized spacial score (nSPS) is 17.3. The number of anilines is 1. The second kappa shape index (κ2) is 9.82. The Morgan fingerprint density at radius 2 is 1.76 bits per heavy atom. The first kappa shape index (κ1) is 23.1. The number of aromatic nitrogens is 2. The molecule has 176 valence electrons. The number of aliphatic hydroxyl groups excluding tert-OH is 1. The molecule has 1 aromatic heterocycles. The van der Waals surface area contributed by atoms with Crippen molar-refractivity contribution in [3.8, 4) is 5.75 Å². The van der Waals surface area contributed by atoms with Crippen LogP contribution in [0.15, 0.2) is 72.8 Å². The van der Waals surface area contributed by atoms with Crippen LogP contribution in [0, 0.1) is 0 Å². The van der Waals surface area contributed by atoms with Gasteiger partial charge in [0.15, 0.2) is 0 Å². The van der Waals surface area contributed by atoms with Crippen molar-refractivity contribution in [3.63, 3.8) is 0 Å². The standard InChI is InChI=1S/C26H28N4O4/c1-28(2)20-9-5-18(6-10-20)23-22(24(31)19-7-11-21(34-3)12-8-19)25(32)26(33)30(23)15-4-14-29-16-13-27-17-29/h5-13,16-17,23,31H,4,14-15H2,1-3H3/b24-22-. The van der Waals surface area contributed by atoms with Crippen molar-refractivity contribution in [1.82, 2.24) is 14.5 Å². The number of Topliss-reactive ketones (excluding diaryl/α,β-unsaturated/α-hetero) is 1. The molecule has 1 N–H and O–H groups in total. The number of aryl methyl sites for hydroxylation is 1.